The second-order valence-electron chi connectivity index (χ2n) is 6.62. The average molecular weight is 288 g/mol. The molecule has 1 aliphatic heterocycles. The lowest BCUT2D eigenvalue weighted by Gasteiger charge is -2.33. The number of ether oxygens (including phenoxy) is 1. The van der Waals surface area contributed by atoms with Crippen molar-refractivity contribution >= 4 is 0 Å². The van der Waals surface area contributed by atoms with E-state index in [9.17, 15) is 0 Å². The van der Waals surface area contributed by atoms with E-state index in [1.807, 2.05) is 0 Å². The van der Waals surface area contributed by atoms with E-state index in [4.69, 9.17) is 4.74 Å². The van der Waals surface area contributed by atoms with Crippen LogP contribution >= 0.6 is 0 Å². The number of rotatable bonds is 6. The third-order valence-electron chi connectivity index (χ3n) is 4.83. The molecule has 1 heterocycles. The van der Waals surface area contributed by atoms with Crippen LogP contribution in [-0.2, 0) is 13.1 Å². The molecule has 0 aromatic heterocycles. The second-order valence-corrected chi connectivity index (χ2v) is 6.62. The van der Waals surface area contributed by atoms with Crippen molar-refractivity contribution in [1.82, 2.24) is 10.2 Å². The molecular formula is C18H28N2O. The minimum atomic E-state index is 0.691. The van der Waals surface area contributed by atoms with Gasteiger partial charge in [0.2, 0.25) is 0 Å². The van der Waals surface area contributed by atoms with E-state index >= 15 is 0 Å². The second kappa shape index (κ2) is 6.80. The molecule has 1 aromatic carbocycles. The number of hydrogen-bond donors (Lipinski definition) is 1. The number of likely N-dealkylation sites (tertiary alicyclic amines) is 1. The van der Waals surface area contributed by atoms with E-state index in [2.05, 4.69) is 35.3 Å². The highest BCUT2D eigenvalue weighted by atomic mass is 16.5. The van der Waals surface area contributed by atoms with Crippen molar-refractivity contribution in [1.29, 1.82) is 0 Å². The summed E-state index contributed by atoms with van der Waals surface area (Å²) < 4.78 is 5.57. The molecule has 0 bridgehead atoms. The SMILES string of the molecule is COc1ccc(CNC2CC2)cc1CN1CCCCC1C. The number of nitrogens with one attached hydrogen (secondary N) is 1. The Morgan fingerprint density at radius 3 is 2.81 bits per heavy atom. The smallest absolute Gasteiger partial charge is 0.123 e. The van der Waals surface area contributed by atoms with E-state index in [0.717, 1.165) is 24.9 Å². The molecule has 2 aliphatic rings. The summed E-state index contributed by atoms with van der Waals surface area (Å²) >= 11 is 0. The number of benzene rings is 1. The molecule has 0 spiro atoms. The lowest BCUT2D eigenvalue weighted by molar-refractivity contribution is 0.151. The fourth-order valence-electron chi connectivity index (χ4n) is 3.23. The van der Waals surface area contributed by atoms with Gasteiger partial charge in [-0.1, -0.05) is 12.5 Å². The molecule has 0 radical (unpaired) electrons. The van der Waals surface area contributed by atoms with Gasteiger partial charge < -0.3 is 10.1 Å². The van der Waals surface area contributed by atoms with Crippen molar-refractivity contribution < 1.29 is 4.74 Å². The first-order chi connectivity index (χ1) is 10.3. The minimum absolute atomic E-state index is 0.691. The molecule has 2 fully saturated rings. The molecule has 1 saturated heterocycles. The van der Waals surface area contributed by atoms with Gasteiger partial charge in [0, 0.05) is 30.7 Å². The molecule has 1 aromatic rings. The Bertz CT molecular complexity index is 470. The zero-order valence-corrected chi connectivity index (χ0v) is 13.4. The van der Waals surface area contributed by atoms with Crippen molar-refractivity contribution in [2.45, 2.75) is 64.2 Å². The number of piperidine rings is 1. The fraction of sp³-hybridized carbons (Fsp3) is 0.667. The maximum absolute atomic E-state index is 5.57. The van der Waals surface area contributed by atoms with E-state index in [1.165, 1.54) is 49.8 Å². The van der Waals surface area contributed by atoms with E-state index < -0.39 is 0 Å². The number of methoxy groups -OCH3 is 1. The van der Waals surface area contributed by atoms with Crippen LogP contribution in [0.2, 0.25) is 0 Å². The molecule has 1 N–H and O–H groups in total. The van der Waals surface area contributed by atoms with Crippen molar-refractivity contribution in [3.63, 3.8) is 0 Å². The summed E-state index contributed by atoms with van der Waals surface area (Å²) in [7, 11) is 1.78. The van der Waals surface area contributed by atoms with Crippen LogP contribution in [0.5, 0.6) is 5.75 Å². The molecule has 21 heavy (non-hydrogen) atoms. The van der Waals surface area contributed by atoms with Crippen molar-refractivity contribution in [2.24, 2.45) is 0 Å². The number of hydrogen-bond acceptors (Lipinski definition) is 3. The van der Waals surface area contributed by atoms with Crippen LogP contribution in [0.25, 0.3) is 0 Å². The topological polar surface area (TPSA) is 24.5 Å². The Morgan fingerprint density at radius 2 is 2.10 bits per heavy atom. The Balaban J connectivity index is 1.69. The number of nitrogens with zero attached hydrogens (tertiary/aromatic N) is 1. The molecule has 1 aliphatic carbocycles. The first kappa shape index (κ1) is 14.9. The van der Waals surface area contributed by atoms with Gasteiger partial charge in [-0.3, -0.25) is 4.90 Å². The van der Waals surface area contributed by atoms with Crippen molar-refractivity contribution in [3.05, 3.63) is 29.3 Å². The first-order valence-corrected chi connectivity index (χ1v) is 8.39. The van der Waals surface area contributed by atoms with Gasteiger partial charge in [0.05, 0.1) is 7.11 Å². The Labute approximate surface area is 128 Å². The maximum atomic E-state index is 5.57. The maximum Gasteiger partial charge on any atom is 0.123 e. The summed E-state index contributed by atoms with van der Waals surface area (Å²) in [4.78, 5) is 2.60. The van der Waals surface area contributed by atoms with Gasteiger partial charge in [-0.05, 0) is 56.8 Å². The average Bonchev–Trinajstić information content (AvgIpc) is 3.32. The third kappa shape index (κ3) is 3.98. The highest BCUT2D eigenvalue weighted by molar-refractivity contribution is 5.37. The predicted molar refractivity (Wildman–Crippen MR) is 86.6 cm³/mol. The third-order valence-corrected chi connectivity index (χ3v) is 4.83. The van der Waals surface area contributed by atoms with Gasteiger partial charge in [0.15, 0.2) is 0 Å². The standard InChI is InChI=1S/C18H28N2O/c1-14-5-3-4-10-20(14)13-16-11-15(6-9-18(16)21-2)12-19-17-7-8-17/h6,9,11,14,17,19H,3-5,7-8,10,12-13H2,1-2H3. The molecule has 116 valence electrons. The van der Waals surface area contributed by atoms with Gasteiger partial charge in [-0.15, -0.1) is 0 Å². The van der Waals surface area contributed by atoms with Gasteiger partial charge in [-0.2, -0.15) is 0 Å². The largest absolute Gasteiger partial charge is 0.496 e. The normalized spacial score (nSPS) is 23.2. The van der Waals surface area contributed by atoms with Crippen LogP contribution in [0.4, 0.5) is 0 Å². The molecule has 1 saturated carbocycles. The van der Waals surface area contributed by atoms with Crippen molar-refractivity contribution in [3.8, 4) is 5.75 Å². The summed E-state index contributed by atoms with van der Waals surface area (Å²) in [5.41, 5.74) is 2.71. The summed E-state index contributed by atoms with van der Waals surface area (Å²) in [6.45, 7) is 5.57. The zero-order chi connectivity index (χ0) is 14.7. The van der Waals surface area contributed by atoms with Crippen molar-refractivity contribution in [2.75, 3.05) is 13.7 Å². The molecular weight excluding hydrogens is 260 g/mol. The summed E-state index contributed by atoms with van der Waals surface area (Å²) in [5.74, 6) is 1.03. The van der Waals surface area contributed by atoms with Crippen LogP contribution in [-0.4, -0.2) is 30.6 Å². The molecule has 3 heteroatoms. The molecule has 3 rings (SSSR count). The lowest BCUT2D eigenvalue weighted by Crippen LogP contribution is -2.36. The quantitative estimate of drug-likeness (QED) is 0.869. The predicted octanol–water partition coefficient (Wildman–Crippen LogP) is 3.32. The van der Waals surface area contributed by atoms with Gasteiger partial charge in [0.25, 0.3) is 0 Å². The van der Waals surface area contributed by atoms with Crippen LogP contribution in [0.15, 0.2) is 18.2 Å². The summed E-state index contributed by atoms with van der Waals surface area (Å²) in [6.07, 6.45) is 6.71. The Hall–Kier alpha value is -1.06. The lowest BCUT2D eigenvalue weighted by atomic mass is 10.0. The van der Waals surface area contributed by atoms with Gasteiger partial charge >= 0.3 is 0 Å². The Kier molecular flexibility index (Phi) is 4.81. The minimum Gasteiger partial charge on any atom is -0.496 e. The van der Waals surface area contributed by atoms with Gasteiger partial charge in [0.1, 0.15) is 5.75 Å². The van der Waals surface area contributed by atoms with Crippen LogP contribution in [0.3, 0.4) is 0 Å². The summed E-state index contributed by atoms with van der Waals surface area (Å²) in [5, 5.41) is 3.60. The fourth-order valence-corrected chi connectivity index (χ4v) is 3.23. The van der Waals surface area contributed by atoms with E-state index in [0.29, 0.717) is 6.04 Å². The van der Waals surface area contributed by atoms with Crippen LogP contribution < -0.4 is 10.1 Å². The van der Waals surface area contributed by atoms with E-state index in [-0.39, 0.29) is 0 Å². The monoisotopic (exact) mass is 288 g/mol. The van der Waals surface area contributed by atoms with Gasteiger partial charge in [-0.25, -0.2) is 0 Å². The molecule has 3 nitrogen and oxygen atoms in total. The Morgan fingerprint density at radius 1 is 1.24 bits per heavy atom. The van der Waals surface area contributed by atoms with E-state index in [1.54, 1.807) is 7.11 Å². The first-order valence-electron chi connectivity index (χ1n) is 8.39. The highest BCUT2D eigenvalue weighted by Gasteiger charge is 2.21. The van der Waals surface area contributed by atoms with Crippen LogP contribution in [0.1, 0.15) is 50.2 Å². The zero-order valence-electron chi connectivity index (χ0n) is 13.4. The molecule has 0 amide bonds. The summed E-state index contributed by atoms with van der Waals surface area (Å²) in [6, 6.07) is 8.11. The molecule has 1 unspecified atom stereocenters. The van der Waals surface area contributed by atoms with Crippen LogP contribution in [0, 0.1) is 0 Å². The highest BCUT2D eigenvalue weighted by Crippen LogP contribution is 2.26. The molecule has 1 atom stereocenters.